The number of hydrogen-bond donors (Lipinski definition) is 2. The van der Waals surface area contributed by atoms with E-state index < -0.39 is 17.1 Å². The van der Waals surface area contributed by atoms with Crippen LogP contribution < -0.4 is 10.6 Å². The SMILES string of the molecule is CC(C)(C)C(=O)Nc1cccc(C(=O)Nc2cccc(Cl)c2SC(F)F)c1. The van der Waals surface area contributed by atoms with Crippen LogP contribution >= 0.6 is 23.4 Å². The van der Waals surface area contributed by atoms with Gasteiger partial charge in [-0.25, -0.2) is 0 Å². The molecule has 0 spiro atoms. The van der Waals surface area contributed by atoms with E-state index in [0.717, 1.165) is 0 Å². The molecule has 0 radical (unpaired) electrons. The molecule has 144 valence electrons. The second kappa shape index (κ2) is 8.71. The van der Waals surface area contributed by atoms with Crippen LogP contribution in [0.5, 0.6) is 0 Å². The number of nitrogens with one attached hydrogen (secondary N) is 2. The maximum Gasteiger partial charge on any atom is 0.289 e. The Morgan fingerprint density at radius 3 is 2.37 bits per heavy atom. The van der Waals surface area contributed by atoms with E-state index in [9.17, 15) is 18.4 Å². The van der Waals surface area contributed by atoms with Crippen molar-refractivity contribution in [2.24, 2.45) is 5.41 Å². The molecule has 0 fully saturated rings. The Hall–Kier alpha value is -2.12. The highest BCUT2D eigenvalue weighted by Crippen LogP contribution is 2.37. The molecule has 0 aliphatic heterocycles. The summed E-state index contributed by atoms with van der Waals surface area (Å²) < 4.78 is 25.5. The molecule has 2 aromatic carbocycles. The summed E-state index contributed by atoms with van der Waals surface area (Å²) in [5, 5.41) is 5.47. The summed E-state index contributed by atoms with van der Waals surface area (Å²) in [6.45, 7) is 5.33. The Bertz CT molecular complexity index is 854. The van der Waals surface area contributed by atoms with Gasteiger partial charge in [0, 0.05) is 16.7 Å². The van der Waals surface area contributed by atoms with Crippen molar-refractivity contribution >= 4 is 46.6 Å². The van der Waals surface area contributed by atoms with E-state index in [1.165, 1.54) is 18.2 Å². The number of amides is 2. The fraction of sp³-hybridized carbons (Fsp3) is 0.263. The van der Waals surface area contributed by atoms with Crippen LogP contribution in [0.3, 0.4) is 0 Å². The molecule has 4 nitrogen and oxygen atoms in total. The Morgan fingerprint density at radius 2 is 1.74 bits per heavy atom. The molecule has 2 N–H and O–H groups in total. The molecule has 8 heteroatoms. The van der Waals surface area contributed by atoms with Crippen molar-refractivity contribution in [3.63, 3.8) is 0 Å². The molecule has 0 aliphatic rings. The number of benzene rings is 2. The molecule has 0 saturated carbocycles. The minimum absolute atomic E-state index is 0.0970. The number of thioether (sulfide) groups is 1. The van der Waals surface area contributed by atoms with Crippen molar-refractivity contribution < 1.29 is 18.4 Å². The van der Waals surface area contributed by atoms with Crippen LogP contribution in [0.2, 0.25) is 5.02 Å². The molecule has 0 aliphatic carbocycles. The quantitative estimate of drug-likeness (QED) is 0.602. The Morgan fingerprint density at radius 1 is 1.07 bits per heavy atom. The standard InChI is InChI=1S/C19H19ClF2N2O2S/c1-19(2,3)17(26)23-12-7-4-6-11(10-12)16(25)24-14-9-5-8-13(20)15(14)27-18(21)22/h4-10,18H,1-3H3,(H,23,26)(H,24,25). The lowest BCUT2D eigenvalue weighted by Gasteiger charge is -2.18. The molecule has 0 heterocycles. The molecule has 0 bridgehead atoms. The van der Waals surface area contributed by atoms with Crippen LogP contribution in [0.25, 0.3) is 0 Å². The van der Waals surface area contributed by atoms with Gasteiger partial charge in [-0.1, -0.05) is 56.3 Å². The summed E-state index contributed by atoms with van der Waals surface area (Å²) in [7, 11) is 0. The highest BCUT2D eigenvalue weighted by molar-refractivity contribution is 7.99. The predicted molar refractivity (Wildman–Crippen MR) is 106 cm³/mol. The third kappa shape index (κ3) is 5.94. The molecule has 0 aromatic heterocycles. The smallest absolute Gasteiger partial charge is 0.289 e. The number of carbonyl (C=O) groups excluding carboxylic acids is 2. The molecule has 2 amide bonds. The third-order valence-corrected chi connectivity index (χ3v) is 4.77. The van der Waals surface area contributed by atoms with Crippen LogP contribution in [0, 0.1) is 5.41 Å². The highest BCUT2D eigenvalue weighted by Gasteiger charge is 2.21. The van der Waals surface area contributed by atoms with Crippen molar-refractivity contribution in [1.29, 1.82) is 0 Å². The maximum atomic E-state index is 12.8. The minimum atomic E-state index is -2.67. The molecule has 27 heavy (non-hydrogen) atoms. The zero-order valence-corrected chi connectivity index (χ0v) is 16.5. The van der Waals surface area contributed by atoms with E-state index >= 15 is 0 Å². The highest BCUT2D eigenvalue weighted by atomic mass is 35.5. The lowest BCUT2D eigenvalue weighted by Crippen LogP contribution is -2.27. The van der Waals surface area contributed by atoms with E-state index in [2.05, 4.69) is 10.6 Å². The third-order valence-electron chi connectivity index (χ3n) is 3.49. The summed E-state index contributed by atoms with van der Waals surface area (Å²) in [5.74, 6) is -3.36. The Labute approximate surface area is 165 Å². The number of rotatable bonds is 5. The molecule has 0 atom stereocenters. The number of halogens is 3. The molecule has 2 rings (SSSR count). The number of anilines is 2. The second-order valence-electron chi connectivity index (χ2n) is 6.73. The fourth-order valence-electron chi connectivity index (χ4n) is 2.07. The Kier molecular flexibility index (Phi) is 6.84. The lowest BCUT2D eigenvalue weighted by atomic mass is 9.95. The molecule has 2 aromatic rings. The lowest BCUT2D eigenvalue weighted by molar-refractivity contribution is -0.123. The predicted octanol–water partition coefficient (Wildman–Crippen LogP) is 5.89. The van der Waals surface area contributed by atoms with E-state index in [4.69, 9.17) is 11.6 Å². The van der Waals surface area contributed by atoms with Gasteiger partial charge in [-0.05, 0) is 30.3 Å². The average molecular weight is 413 g/mol. The first-order valence-corrected chi connectivity index (χ1v) is 9.30. The van der Waals surface area contributed by atoms with Gasteiger partial charge in [-0.2, -0.15) is 8.78 Å². The average Bonchev–Trinajstić information content (AvgIpc) is 2.57. The van der Waals surface area contributed by atoms with Crippen LogP contribution in [-0.4, -0.2) is 17.6 Å². The summed E-state index contributed by atoms with van der Waals surface area (Å²) in [6.07, 6.45) is 0. The normalized spacial score (nSPS) is 11.4. The first-order chi connectivity index (χ1) is 12.6. The van der Waals surface area contributed by atoms with Gasteiger partial charge in [0.05, 0.1) is 15.6 Å². The monoisotopic (exact) mass is 412 g/mol. The van der Waals surface area contributed by atoms with Crippen molar-refractivity contribution in [2.45, 2.75) is 31.4 Å². The van der Waals surface area contributed by atoms with Gasteiger partial charge in [-0.15, -0.1) is 0 Å². The van der Waals surface area contributed by atoms with Crippen LogP contribution in [-0.2, 0) is 4.79 Å². The molecule has 0 unspecified atom stereocenters. The van der Waals surface area contributed by atoms with Crippen molar-refractivity contribution in [3.05, 3.63) is 53.1 Å². The topological polar surface area (TPSA) is 58.2 Å². The zero-order chi connectivity index (χ0) is 20.2. The van der Waals surface area contributed by atoms with Gasteiger partial charge < -0.3 is 10.6 Å². The molecular weight excluding hydrogens is 394 g/mol. The van der Waals surface area contributed by atoms with E-state index in [0.29, 0.717) is 5.69 Å². The van der Waals surface area contributed by atoms with Crippen molar-refractivity contribution in [1.82, 2.24) is 0 Å². The van der Waals surface area contributed by atoms with Crippen molar-refractivity contribution in [3.8, 4) is 0 Å². The zero-order valence-electron chi connectivity index (χ0n) is 15.0. The van der Waals surface area contributed by atoms with E-state index in [-0.39, 0.29) is 38.8 Å². The fourth-order valence-corrected chi connectivity index (χ4v) is 2.98. The largest absolute Gasteiger partial charge is 0.326 e. The summed E-state index contributed by atoms with van der Waals surface area (Å²) in [6, 6.07) is 10.9. The number of carbonyl (C=O) groups is 2. The summed E-state index contributed by atoms with van der Waals surface area (Å²) >= 11 is 6.24. The summed E-state index contributed by atoms with van der Waals surface area (Å²) in [5.41, 5.74) is 0.355. The van der Waals surface area contributed by atoms with Crippen LogP contribution in [0.4, 0.5) is 20.2 Å². The second-order valence-corrected chi connectivity index (χ2v) is 8.14. The van der Waals surface area contributed by atoms with E-state index in [1.807, 2.05) is 0 Å². The number of alkyl halides is 2. The van der Waals surface area contributed by atoms with Gasteiger partial charge in [0.2, 0.25) is 5.91 Å². The maximum absolute atomic E-state index is 12.8. The Balaban J connectivity index is 2.21. The number of hydrogen-bond acceptors (Lipinski definition) is 3. The van der Waals surface area contributed by atoms with Crippen molar-refractivity contribution in [2.75, 3.05) is 10.6 Å². The van der Waals surface area contributed by atoms with Crippen LogP contribution in [0.15, 0.2) is 47.4 Å². The van der Waals surface area contributed by atoms with Gasteiger partial charge in [0.15, 0.2) is 0 Å². The molecule has 0 saturated heterocycles. The van der Waals surface area contributed by atoms with Gasteiger partial charge in [0.1, 0.15) is 0 Å². The van der Waals surface area contributed by atoms with E-state index in [1.54, 1.807) is 45.0 Å². The summed E-state index contributed by atoms with van der Waals surface area (Å²) in [4.78, 5) is 24.7. The minimum Gasteiger partial charge on any atom is -0.326 e. The van der Waals surface area contributed by atoms with Gasteiger partial charge >= 0.3 is 0 Å². The van der Waals surface area contributed by atoms with Crippen LogP contribution in [0.1, 0.15) is 31.1 Å². The first-order valence-electron chi connectivity index (χ1n) is 8.04. The molecular formula is C19H19ClF2N2O2S. The van der Waals surface area contributed by atoms with Gasteiger partial charge in [0.25, 0.3) is 11.7 Å². The first kappa shape index (κ1) is 21.2. The van der Waals surface area contributed by atoms with Gasteiger partial charge in [-0.3, -0.25) is 9.59 Å².